The maximum atomic E-state index is 9.46. The fraction of sp³-hybridized carbons (Fsp3) is 0.0667. The van der Waals surface area contributed by atoms with Crippen molar-refractivity contribution in [2.45, 2.75) is 6.04 Å². The highest BCUT2D eigenvalue weighted by molar-refractivity contribution is 5.56. The number of nitrogens with zero attached hydrogens (tertiary/aromatic N) is 2. The summed E-state index contributed by atoms with van der Waals surface area (Å²) in [5.41, 5.74) is 7.67. The van der Waals surface area contributed by atoms with Gasteiger partial charge in [-0.1, -0.05) is 47.6 Å². The Morgan fingerprint density at radius 1 is 1.05 bits per heavy atom. The number of rotatable bonds is 3. The Morgan fingerprint density at radius 3 is 2.60 bits per heavy atom. The molecule has 0 unspecified atom stereocenters. The fourth-order valence-corrected chi connectivity index (χ4v) is 1.93. The van der Waals surface area contributed by atoms with Crippen LogP contribution in [0.5, 0.6) is 5.75 Å². The van der Waals surface area contributed by atoms with Crippen LogP contribution in [0.4, 0.5) is 0 Å². The zero-order valence-corrected chi connectivity index (χ0v) is 10.6. The molecule has 1 atom stereocenters. The minimum atomic E-state index is -0.463. The van der Waals surface area contributed by atoms with Crippen LogP contribution in [0, 0.1) is 0 Å². The lowest BCUT2D eigenvalue weighted by molar-refractivity contribution is 0.367. The molecular formula is C15H13N3O2. The van der Waals surface area contributed by atoms with E-state index >= 15 is 0 Å². The van der Waals surface area contributed by atoms with Gasteiger partial charge in [0.05, 0.1) is 0 Å². The molecule has 100 valence electrons. The molecule has 0 spiro atoms. The van der Waals surface area contributed by atoms with Crippen LogP contribution in [0.15, 0.2) is 59.1 Å². The average Bonchev–Trinajstić information content (AvgIpc) is 2.97. The smallest absolute Gasteiger partial charge is 0.248 e. The predicted molar refractivity (Wildman–Crippen MR) is 73.9 cm³/mol. The average molecular weight is 267 g/mol. The summed E-state index contributed by atoms with van der Waals surface area (Å²) in [4.78, 5) is 4.28. The van der Waals surface area contributed by atoms with Crippen LogP contribution in [-0.4, -0.2) is 15.2 Å². The Balaban J connectivity index is 1.91. The van der Waals surface area contributed by atoms with Gasteiger partial charge in [0.2, 0.25) is 11.7 Å². The first-order valence-corrected chi connectivity index (χ1v) is 6.17. The normalized spacial score (nSPS) is 12.2. The van der Waals surface area contributed by atoms with E-state index in [-0.39, 0.29) is 5.75 Å². The molecule has 0 bridgehead atoms. The first-order valence-electron chi connectivity index (χ1n) is 6.17. The Labute approximate surface area is 115 Å². The zero-order valence-electron chi connectivity index (χ0n) is 10.6. The largest absolute Gasteiger partial charge is 0.508 e. The molecule has 5 heteroatoms. The van der Waals surface area contributed by atoms with Crippen molar-refractivity contribution in [1.29, 1.82) is 0 Å². The first kappa shape index (κ1) is 12.4. The Kier molecular flexibility index (Phi) is 3.18. The van der Waals surface area contributed by atoms with E-state index in [9.17, 15) is 5.11 Å². The van der Waals surface area contributed by atoms with Gasteiger partial charge in [0.25, 0.3) is 0 Å². The van der Waals surface area contributed by atoms with Gasteiger partial charge >= 0.3 is 0 Å². The Morgan fingerprint density at radius 2 is 1.85 bits per heavy atom. The summed E-state index contributed by atoms with van der Waals surface area (Å²) in [7, 11) is 0. The summed E-state index contributed by atoms with van der Waals surface area (Å²) in [6.07, 6.45) is 0. The number of benzene rings is 2. The molecule has 5 nitrogen and oxygen atoms in total. The van der Waals surface area contributed by atoms with Crippen LogP contribution in [0.3, 0.4) is 0 Å². The molecule has 1 aromatic heterocycles. The van der Waals surface area contributed by atoms with E-state index in [0.29, 0.717) is 17.3 Å². The van der Waals surface area contributed by atoms with Crippen molar-refractivity contribution in [3.05, 3.63) is 66.1 Å². The highest BCUT2D eigenvalue weighted by Crippen LogP contribution is 2.23. The van der Waals surface area contributed by atoms with Crippen molar-refractivity contribution >= 4 is 0 Å². The lowest BCUT2D eigenvalue weighted by atomic mass is 10.1. The maximum absolute atomic E-state index is 9.46. The highest BCUT2D eigenvalue weighted by atomic mass is 16.5. The standard InChI is InChI=1S/C15H13N3O2/c16-13(10-5-2-1-3-6-10)15-17-14(18-20-15)11-7-4-8-12(19)9-11/h1-9,13,19H,16H2/t13-/m1/s1. The van der Waals surface area contributed by atoms with Gasteiger partial charge in [-0.2, -0.15) is 4.98 Å². The van der Waals surface area contributed by atoms with Gasteiger partial charge < -0.3 is 15.4 Å². The number of aromatic nitrogens is 2. The highest BCUT2D eigenvalue weighted by Gasteiger charge is 2.17. The molecule has 0 amide bonds. The number of nitrogens with two attached hydrogens (primary N) is 1. The Bertz CT molecular complexity index is 710. The fourth-order valence-electron chi connectivity index (χ4n) is 1.93. The molecule has 0 saturated carbocycles. The second-order valence-corrected chi connectivity index (χ2v) is 4.39. The number of phenols is 1. The van der Waals surface area contributed by atoms with E-state index in [1.807, 2.05) is 30.3 Å². The summed E-state index contributed by atoms with van der Waals surface area (Å²) in [6, 6.07) is 15.7. The molecule has 0 saturated heterocycles. The molecule has 0 fully saturated rings. The second kappa shape index (κ2) is 5.14. The van der Waals surface area contributed by atoms with Crippen LogP contribution in [0.1, 0.15) is 17.5 Å². The van der Waals surface area contributed by atoms with Crippen LogP contribution >= 0.6 is 0 Å². The monoisotopic (exact) mass is 267 g/mol. The third kappa shape index (κ3) is 2.39. The summed E-state index contributed by atoms with van der Waals surface area (Å²) in [5.74, 6) is 0.901. The van der Waals surface area contributed by atoms with Gasteiger partial charge in [0, 0.05) is 5.56 Å². The Hall–Kier alpha value is -2.66. The van der Waals surface area contributed by atoms with E-state index in [1.54, 1.807) is 24.3 Å². The first-order chi connectivity index (χ1) is 9.74. The summed E-state index contributed by atoms with van der Waals surface area (Å²) in [5, 5.41) is 13.4. The van der Waals surface area contributed by atoms with Crippen molar-refractivity contribution in [2.75, 3.05) is 0 Å². The van der Waals surface area contributed by atoms with Gasteiger partial charge in [-0.15, -0.1) is 0 Å². The number of hydrogen-bond donors (Lipinski definition) is 2. The molecule has 3 aromatic rings. The minimum Gasteiger partial charge on any atom is -0.508 e. The molecule has 3 N–H and O–H groups in total. The summed E-state index contributed by atoms with van der Waals surface area (Å²) < 4.78 is 5.21. The topological polar surface area (TPSA) is 85.2 Å². The van der Waals surface area contributed by atoms with E-state index in [2.05, 4.69) is 10.1 Å². The third-order valence-electron chi connectivity index (χ3n) is 2.97. The van der Waals surface area contributed by atoms with Crippen LogP contribution in [0.25, 0.3) is 11.4 Å². The predicted octanol–water partition coefficient (Wildman–Crippen LogP) is 2.49. The summed E-state index contributed by atoms with van der Waals surface area (Å²) in [6.45, 7) is 0. The molecular weight excluding hydrogens is 254 g/mol. The molecule has 0 aliphatic carbocycles. The third-order valence-corrected chi connectivity index (χ3v) is 2.97. The van der Waals surface area contributed by atoms with Crippen LogP contribution < -0.4 is 5.73 Å². The van der Waals surface area contributed by atoms with Crippen molar-refractivity contribution in [2.24, 2.45) is 5.73 Å². The molecule has 1 heterocycles. The molecule has 0 aliphatic heterocycles. The molecule has 0 aliphatic rings. The van der Waals surface area contributed by atoms with E-state index < -0.39 is 6.04 Å². The number of phenolic OH excluding ortho intramolecular Hbond substituents is 1. The van der Waals surface area contributed by atoms with Gasteiger partial charge in [-0.05, 0) is 17.7 Å². The molecule has 20 heavy (non-hydrogen) atoms. The summed E-state index contributed by atoms with van der Waals surface area (Å²) >= 11 is 0. The number of hydrogen-bond acceptors (Lipinski definition) is 5. The lowest BCUT2D eigenvalue weighted by Crippen LogP contribution is -2.11. The van der Waals surface area contributed by atoms with Gasteiger partial charge in [-0.3, -0.25) is 0 Å². The maximum Gasteiger partial charge on any atom is 0.248 e. The van der Waals surface area contributed by atoms with E-state index in [1.165, 1.54) is 0 Å². The van der Waals surface area contributed by atoms with Crippen molar-refractivity contribution in [3.63, 3.8) is 0 Å². The van der Waals surface area contributed by atoms with Crippen molar-refractivity contribution in [3.8, 4) is 17.1 Å². The SMILES string of the molecule is N[C@H](c1ccccc1)c1nc(-c2cccc(O)c2)no1. The van der Waals surface area contributed by atoms with Gasteiger partial charge in [0.15, 0.2) is 0 Å². The van der Waals surface area contributed by atoms with Crippen molar-refractivity contribution < 1.29 is 9.63 Å². The van der Waals surface area contributed by atoms with Crippen LogP contribution in [-0.2, 0) is 0 Å². The molecule has 3 rings (SSSR count). The van der Waals surface area contributed by atoms with Gasteiger partial charge in [0.1, 0.15) is 11.8 Å². The van der Waals surface area contributed by atoms with Crippen LogP contribution in [0.2, 0.25) is 0 Å². The molecule has 0 radical (unpaired) electrons. The van der Waals surface area contributed by atoms with E-state index in [0.717, 1.165) is 5.56 Å². The zero-order chi connectivity index (χ0) is 13.9. The second-order valence-electron chi connectivity index (χ2n) is 4.39. The van der Waals surface area contributed by atoms with E-state index in [4.69, 9.17) is 10.3 Å². The molecule has 2 aromatic carbocycles. The number of aromatic hydroxyl groups is 1. The quantitative estimate of drug-likeness (QED) is 0.761. The minimum absolute atomic E-state index is 0.154. The lowest BCUT2D eigenvalue weighted by Gasteiger charge is -2.05. The van der Waals surface area contributed by atoms with Gasteiger partial charge in [-0.25, -0.2) is 0 Å². The van der Waals surface area contributed by atoms with Crippen molar-refractivity contribution in [1.82, 2.24) is 10.1 Å².